The van der Waals surface area contributed by atoms with Gasteiger partial charge in [-0.1, -0.05) is 19.9 Å². The van der Waals surface area contributed by atoms with Crippen molar-refractivity contribution >= 4 is 0 Å². The predicted octanol–water partition coefficient (Wildman–Crippen LogP) is 2.25. The van der Waals surface area contributed by atoms with Crippen LogP contribution in [0.15, 0.2) is 12.1 Å². The van der Waals surface area contributed by atoms with Crippen molar-refractivity contribution in [2.75, 3.05) is 19.6 Å². The second kappa shape index (κ2) is 6.76. The van der Waals surface area contributed by atoms with E-state index < -0.39 is 0 Å². The Bertz CT molecular complexity index is 384. The molecule has 0 amide bonds. The lowest BCUT2D eigenvalue weighted by Crippen LogP contribution is -2.51. The van der Waals surface area contributed by atoms with E-state index in [1.54, 1.807) is 0 Å². The van der Waals surface area contributed by atoms with Crippen LogP contribution in [0.3, 0.4) is 0 Å². The number of aromatic hydroxyl groups is 1. The molecule has 102 valence electrons. The number of hydrogen-bond donors (Lipinski definition) is 2. The topological polar surface area (TPSA) is 43.7 Å². The van der Waals surface area contributed by atoms with Crippen molar-refractivity contribution in [2.45, 2.75) is 40.2 Å². The lowest BCUT2D eigenvalue weighted by atomic mass is 10.0. The van der Waals surface area contributed by atoms with Crippen LogP contribution in [-0.2, 0) is 6.42 Å². The van der Waals surface area contributed by atoms with Crippen molar-refractivity contribution < 1.29 is 10.2 Å². The molecule has 1 fully saturated rings. The van der Waals surface area contributed by atoms with E-state index in [0.29, 0.717) is 5.75 Å². The van der Waals surface area contributed by atoms with Gasteiger partial charge in [0.15, 0.2) is 0 Å². The maximum atomic E-state index is 9.55. The van der Waals surface area contributed by atoms with Gasteiger partial charge in [-0.05, 0) is 43.0 Å². The third-order valence-electron chi connectivity index (χ3n) is 3.29. The molecule has 18 heavy (non-hydrogen) atoms. The lowest BCUT2D eigenvalue weighted by molar-refractivity contribution is 0.00309. The van der Waals surface area contributed by atoms with Crippen molar-refractivity contribution in [1.82, 2.24) is 4.90 Å². The van der Waals surface area contributed by atoms with Gasteiger partial charge in [-0.25, -0.2) is 0 Å². The average molecular weight is 251 g/mol. The van der Waals surface area contributed by atoms with Crippen molar-refractivity contribution in [3.8, 4) is 5.75 Å². The van der Waals surface area contributed by atoms with Gasteiger partial charge in [0.1, 0.15) is 5.75 Å². The van der Waals surface area contributed by atoms with Crippen molar-refractivity contribution in [1.29, 1.82) is 0 Å². The Balaban J connectivity index is 0.000000771. The number of hydrogen-bond acceptors (Lipinski definition) is 3. The highest BCUT2D eigenvalue weighted by Gasteiger charge is 2.23. The minimum absolute atomic E-state index is 0.123. The summed E-state index contributed by atoms with van der Waals surface area (Å²) in [5, 5.41) is 18.7. The smallest absolute Gasteiger partial charge is 0.118 e. The second-order valence-electron chi connectivity index (χ2n) is 4.73. The van der Waals surface area contributed by atoms with Gasteiger partial charge in [0.05, 0.1) is 6.10 Å². The van der Waals surface area contributed by atoms with Gasteiger partial charge in [-0.2, -0.15) is 0 Å². The molecule has 1 aromatic rings. The molecule has 1 aliphatic rings. The molecular formula is C15H25NO2. The van der Waals surface area contributed by atoms with Crippen molar-refractivity contribution in [2.24, 2.45) is 0 Å². The monoisotopic (exact) mass is 251 g/mol. The van der Waals surface area contributed by atoms with Crippen LogP contribution in [0, 0.1) is 13.8 Å². The molecule has 0 bridgehead atoms. The van der Waals surface area contributed by atoms with Crippen LogP contribution >= 0.6 is 0 Å². The SMILES string of the molecule is CC.Cc1cc(CCN2CC(O)C2)c(C)cc1O. The Labute approximate surface area is 110 Å². The standard InChI is InChI=1S/C13H19NO2.C2H6/c1-9-6-13(16)10(2)5-11(9)3-4-14-7-12(15)8-14;1-2/h5-6,12,15-16H,3-4,7-8H2,1-2H3;1-2H3. The van der Waals surface area contributed by atoms with E-state index in [1.165, 1.54) is 5.56 Å². The van der Waals surface area contributed by atoms with E-state index >= 15 is 0 Å². The first-order valence-corrected chi connectivity index (χ1v) is 6.76. The first kappa shape index (κ1) is 15.0. The van der Waals surface area contributed by atoms with Crippen LogP contribution in [0.4, 0.5) is 0 Å². The summed E-state index contributed by atoms with van der Waals surface area (Å²) in [6.45, 7) is 10.5. The van der Waals surface area contributed by atoms with Gasteiger partial charge in [0, 0.05) is 19.6 Å². The number of β-amino-alcohol motifs (C(OH)–C–C–N with tert-alkyl or cyclic N) is 1. The molecule has 1 heterocycles. The largest absolute Gasteiger partial charge is 0.508 e. The minimum atomic E-state index is -0.123. The summed E-state index contributed by atoms with van der Waals surface area (Å²) in [7, 11) is 0. The minimum Gasteiger partial charge on any atom is -0.508 e. The molecular weight excluding hydrogens is 226 g/mol. The number of nitrogens with zero attached hydrogens (tertiary/aromatic N) is 1. The molecule has 2 rings (SSSR count). The Morgan fingerprint density at radius 2 is 1.78 bits per heavy atom. The summed E-state index contributed by atoms with van der Waals surface area (Å²) in [6.07, 6.45) is 0.863. The van der Waals surface area contributed by atoms with E-state index in [-0.39, 0.29) is 6.10 Å². The fourth-order valence-electron chi connectivity index (χ4n) is 2.13. The molecule has 1 aromatic carbocycles. The molecule has 0 aromatic heterocycles. The number of phenols is 1. The Kier molecular flexibility index (Phi) is 5.63. The third-order valence-corrected chi connectivity index (χ3v) is 3.29. The molecule has 3 nitrogen and oxygen atoms in total. The number of phenolic OH excluding ortho intramolecular Hbond substituents is 1. The van der Waals surface area contributed by atoms with Crippen molar-refractivity contribution in [3.63, 3.8) is 0 Å². The second-order valence-corrected chi connectivity index (χ2v) is 4.73. The van der Waals surface area contributed by atoms with Crippen molar-refractivity contribution in [3.05, 3.63) is 28.8 Å². The molecule has 1 aliphatic heterocycles. The number of likely N-dealkylation sites (tertiary alicyclic amines) is 1. The Morgan fingerprint density at radius 3 is 2.33 bits per heavy atom. The molecule has 0 atom stereocenters. The molecule has 0 unspecified atom stereocenters. The predicted molar refractivity (Wildman–Crippen MR) is 75.1 cm³/mol. The van der Waals surface area contributed by atoms with E-state index in [9.17, 15) is 10.2 Å². The van der Waals surface area contributed by atoms with E-state index in [2.05, 4.69) is 11.0 Å². The molecule has 0 aliphatic carbocycles. The third kappa shape index (κ3) is 3.72. The average Bonchev–Trinajstić information content (AvgIpc) is 2.32. The summed E-state index contributed by atoms with van der Waals surface area (Å²) >= 11 is 0. The molecule has 0 saturated carbocycles. The first-order valence-electron chi connectivity index (χ1n) is 6.76. The summed E-state index contributed by atoms with van der Waals surface area (Å²) in [6, 6.07) is 3.89. The Morgan fingerprint density at radius 1 is 1.17 bits per heavy atom. The van der Waals surface area contributed by atoms with Crippen LogP contribution < -0.4 is 0 Å². The summed E-state index contributed by atoms with van der Waals surface area (Å²) in [4.78, 5) is 2.24. The van der Waals surface area contributed by atoms with Crippen LogP contribution in [0.5, 0.6) is 5.75 Å². The molecule has 2 N–H and O–H groups in total. The van der Waals surface area contributed by atoms with Gasteiger partial charge in [0.25, 0.3) is 0 Å². The lowest BCUT2D eigenvalue weighted by Gasteiger charge is -2.35. The van der Waals surface area contributed by atoms with Gasteiger partial charge in [-0.3, -0.25) is 4.90 Å². The zero-order chi connectivity index (χ0) is 13.7. The van der Waals surface area contributed by atoms with Crippen LogP contribution in [0.25, 0.3) is 0 Å². The van der Waals surface area contributed by atoms with Gasteiger partial charge >= 0.3 is 0 Å². The fraction of sp³-hybridized carbons (Fsp3) is 0.600. The molecule has 1 saturated heterocycles. The number of aliphatic hydroxyl groups is 1. The van der Waals surface area contributed by atoms with Gasteiger partial charge in [-0.15, -0.1) is 0 Å². The molecule has 0 spiro atoms. The van der Waals surface area contributed by atoms with Crippen LogP contribution in [0.1, 0.15) is 30.5 Å². The highest BCUT2D eigenvalue weighted by molar-refractivity contribution is 5.40. The number of aliphatic hydroxyl groups excluding tert-OH is 1. The summed E-state index contributed by atoms with van der Waals surface area (Å²) in [5.74, 6) is 0.376. The van der Waals surface area contributed by atoms with Gasteiger partial charge < -0.3 is 10.2 Å². The first-order chi connectivity index (χ1) is 8.56. The molecule has 3 heteroatoms. The molecule has 0 radical (unpaired) electrons. The zero-order valence-corrected chi connectivity index (χ0v) is 11.9. The quantitative estimate of drug-likeness (QED) is 0.866. The van der Waals surface area contributed by atoms with E-state index in [1.807, 2.05) is 33.8 Å². The fourth-order valence-corrected chi connectivity index (χ4v) is 2.13. The maximum Gasteiger partial charge on any atom is 0.118 e. The number of rotatable bonds is 3. The number of aryl methyl sites for hydroxylation is 2. The summed E-state index contributed by atoms with van der Waals surface area (Å²) < 4.78 is 0. The van der Waals surface area contributed by atoms with Crippen LogP contribution in [-0.4, -0.2) is 40.9 Å². The highest BCUT2D eigenvalue weighted by atomic mass is 16.3. The van der Waals surface area contributed by atoms with E-state index in [4.69, 9.17) is 0 Å². The number of benzene rings is 1. The normalized spacial score (nSPS) is 15.8. The van der Waals surface area contributed by atoms with Gasteiger partial charge in [0.2, 0.25) is 0 Å². The van der Waals surface area contributed by atoms with Crippen LogP contribution in [0.2, 0.25) is 0 Å². The maximum absolute atomic E-state index is 9.55. The highest BCUT2D eigenvalue weighted by Crippen LogP contribution is 2.22. The summed E-state index contributed by atoms with van der Waals surface area (Å²) in [5.41, 5.74) is 3.37. The van der Waals surface area contributed by atoms with E-state index in [0.717, 1.165) is 37.2 Å². The zero-order valence-electron chi connectivity index (χ0n) is 11.9. The Hall–Kier alpha value is -1.06.